The average Bonchev–Trinajstić information content (AvgIpc) is 3.55. The van der Waals surface area contributed by atoms with Gasteiger partial charge in [-0.1, -0.05) is 36.4 Å². The second-order valence-corrected chi connectivity index (χ2v) is 10.9. The topological polar surface area (TPSA) is 136 Å². The van der Waals surface area contributed by atoms with Gasteiger partial charge in [-0.25, -0.2) is 4.98 Å². The third-order valence-electron chi connectivity index (χ3n) is 8.07. The van der Waals surface area contributed by atoms with Gasteiger partial charge in [-0.15, -0.1) is 0 Å². The summed E-state index contributed by atoms with van der Waals surface area (Å²) in [5, 5.41) is 26.8. The number of aliphatic hydroxyl groups is 1. The molecule has 41 heavy (non-hydrogen) atoms. The summed E-state index contributed by atoms with van der Waals surface area (Å²) in [6, 6.07) is 9.25. The lowest BCUT2D eigenvalue weighted by Crippen LogP contribution is -2.47. The molecule has 0 unspecified atom stereocenters. The minimum absolute atomic E-state index is 0.141. The fourth-order valence-electron chi connectivity index (χ4n) is 5.74. The SMILES string of the molecule is Cn1nc2c(=O)n(CC3(O)CCN(Cc4cccc(-c5ccco5)c4O)CC3)cnc2c1C1=CC=C(CN)C=CC1. The zero-order chi connectivity index (χ0) is 28.6. The van der Waals surface area contributed by atoms with Crippen LogP contribution in [0.2, 0.25) is 0 Å². The molecule has 1 aromatic carbocycles. The minimum Gasteiger partial charge on any atom is -0.507 e. The molecule has 10 heteroatoms. The van der Waals surface area contributed by atoms with Crippen LogP contribution in [0.5, 0.6) is 5.75 Å². The molecular weight excluding hydrogens is 520 g/mol. The molecule has 2 aliphatic rings. The smallest absolute Gasteiger partial charge is 0.281 e. The van der Waals surface area contributed by atoms with Crippen molar-refractivity contribution in [2.45, 2.75) is 38.0 Å². The predicted octanol–water partition coefficient (Wildman–Crippen LogP) is 3.35. The van der Waals surface area contributed by atoms with Gasteiger partial charge in [-0.3, -0.25) is 18.9 Å². The van der Waals surface area contributed by atoms with Crippen LogP contribution in [0.3, 0.4) is 0 Å². The fourth-order valence-corrected chi connectivity index (χ4v) is 5.74. The monoisotopic (exact) mass is 554 g/mol. The van der Waals surface area contributed by atoms with Gasteiger partial charge in [0.1, 0.15) is 17.0 Å². The maximum Gasteiger partial charge on any atom is 0.281 e. The number of benzene rings is 1. The van der Waals surface area contributed by atoms with E-state index in [1.165, 1.54) is 10.9 Å². The zero-order valence-electron chi connectivity index (χ0n) is 23.0. The summed E-state index contributed by atoms with van der Waals surface area (Å²) in [7, 11) is 1.81. The number of allylic oxidation sites excluding steroid dienone is 4. The Morgan fingerprint density at radius 1 is 1.12 bits per heavy atom. The van der Waals surface area contributed by atoms with Gasteiger partial charge in [0, 0.05) is 38.8 Å². The lowest BCUT2D eigenvalue weighted by molar-refractivity contribution is -0.0365. The van der Waals surface area contributed by atoms with Gasteiger partial charge in [0.15, 0.2) is 5.52 Å². The van der Waals surface area contributed by atoms with Crippen molar-refractivity contribution in [2.24, 2.45) is 12.8 Å². The summed E-state index contributed by atoms with van der Waals surface area (Å²) in [4.78, 5) is 20.3. The molecule has 6 rings (SSSR count). The van der Waals surface area contributed by atoms with E-state index in [0.29, 0.717) is 62.3 Å². The lowest BCUT2D eigenvalue weighted by Gasteiger charge is -2.38. The van der Waals surface area contributed by atoms with E-state index in [-0.39, 0.29) is 23.4 Å². The maximum atomic E-state index is 13.5. The standard InChI is InChI=1S/C31H34N6O4/c1-35-28(22-6-2-5-21(17-32)10-11-22)26-27(34-35)30(39)37(20-33-26)19-31(40)12-14-36(15-13-31)18-23-7-3-8-24(29(23)38)25-9-4-16-41-25/h2-5,7-11,16,20,38,40H,6,12-15,17-19,32H2,1H3. The van der Waals surface area contributed by atoms with Crippen molar-refractivity contribution >= 4 is 16.6 Å². The number of aromatic nitrogens is 4. The van der Waals surface area contributed by atoms with E-state index < -0.39 is 5.60 Å². The van der Waals surface area contributed by atoms with Crippen molar-refractivity contribution in [3.05, 3.63) is 94.4 Å². The number of nitrogens with two attached hydrogens (primary N) is 1. The molecule has 4 heterocycles. The molecule has 0 spiro atoms. The van der Waals surface area contributed by atoms with Crippen molar-refractivity contribution < 1.29 is 14.6 Å². The van der Waals surface area contributed by atoms with Crippen LogP contribution < -0.4 is 11.3 Å². The highest BCUT2D eigenvalue weighted by molar-refractivity contribution is 5.87. The van der Waals surface area contributed by atoms with Crippen LogP contribution in [0, 0.1) is 0 Å². The van der Waals surface area contributed by atoms with Gasteiger partial charge in [0.2, 0.25) is 0 Å². The average molecular weight is 555 g/mol. The summed E-state index contributed by atoms with van der Waals surface area (Å²) < 4.78 is 8.64. The molecule has 1 saturated heterocycles. The third kappa shape index (κ3) is 5.29. The Morgan fingerprint density at radius 3 is 2.71 bits per heavy atom. The van der Waals surface area contributed by atoms with Crippen molar-refractivity contribution in [2.75, 3.05) is 19.6 Å². The predicted molar refractivity (Wildman–Crippen MR) is 157 cm³/mol. The van der Waals surface area contributed by atoms with Crippen molar-refractivity contribution in [3.8, 4) is 17.1 Å². The Balaban J connectivity index is 1.16. The van der Waals surface area contributed by atoms with Gasteiger partial charge in [0.05, 0.1) is 36.0 Å². The zero-order valence-corrected chi connectivity index (χ0v) is 23.0. The largest absolute Gasteiger partial charge is 0.507 e. The fraction of sp³-hybridized carbons (Fsp3) is 0.323. The van der Waals surface area contributed by atoms with Gasteiger partial charge in [-0.2, -0.15) is 5.10 Å². The summed E-state index contributed by atoms with van der Waals surface area (Å²) in [5.74, 6) is 0.823. The maximum absolute atomic E-state index is 13.5. The first-order chi connectivity index (χ1) is 19.8. The number of aryl methyl sites for hydroxylation is 1. The highest BCUT2D eigenvalue weighted by atomic mass is 16.3. The summed E-state index contributed by atoms with van der Waals surface area (Å²) in [6.07, 6.45) is 12.8. The third-order valence-corrected chi connectivity index (χ3v) is 8.07. The Hall–Kier alpha value is -4.25. The molecule has 0 atom stereocenters. The van der Waals surface area contributed by atoms with Crippen LogP contribution in [0.15, 0.2) is 82.0 Å². The number of fused-ring (bicyclic) bond motifs is 1. The molecule has 4 N–H and O–H groups in total. The molecule has 0 saturated carbocycles. The first-order valence-electron chi connectivity index (χ1n) is 13.8. The molecular formula is C31H34N6O4. The Kier molecular flexibility index (Phi) is 7.21. The van der Waals surface area contributed by atoms with E-state index in [2.05, 4.69) is 21.1 Å². The van der Waals surface area contributed by atoms with Gasteiger partial charge in [-0.05, 0) is 48.6 Å². The lowest BCUT2D eigenvalue weighted by atomic mass is 9.91. The van der Waals surface area contributed by atoms with E-state index >= 15 is 0 Å². The number of aromatic hydroxyl groups is 1. The number of hydrogen-bond acceptors (Lipinski definition) is 8. The number of nitrogens with zero attached hydrogens (tertiary/aromatic N) is 5. The van der Waals surface area contributed by atoms with E-state index in [4.69, 9.17) is 10.2 Å². The van der Waals surface area contributed by atoms with Gasteiger partial charge < -0.3 is 20.4 Å². The molecule has 1 fully saturated rings. The summed E-state index contributed by atoms with van der Waals surface area (Å²) in [5.41, 5.74) is 9.60. The number of piperidine rings is 1. The Bertz CT molecular complexity index is 1720. The number of furan rings is 1. The molecule has 4 aromatic rings. The van der Waals surface area contributed by atoms with Crippen LogP contribution in [-0.4, -0.2) is 59.7 Å². The Labute approximate surface area is 237 Å². The van der Waals surface area contributed by atoms with Crippen molar-refractivity contribution in [3.63, 3.8) is 0 Å². The number of rotatable bonds is 7. The molecule has 0 bridgehead atoms. The van der Waals surface area contributed by atoms with Crippen molar-refractivity contribution in [1.82, 2.24) is 24.2 Å². The highest BCUT2D eigenvalue weighted by Crippen LogP contribution is 2.34. The number of likely N-dealkylation sites (tertiary alicyclic amines) is 1. The van der Waals surface area contributed by atoms with Crippen LogP contribution in [0.4, 0.5) is 0 Å². The van der Waals surface area contributed by atoms with E-state index in [0.717, 1.165) is 22.4 Å². The molecule has 1 aliphatic heterocycles. The van der Waals surface area contributed by atoms with Crippen LogP contribution in [-0.2, 0) is 20.1 Å². The molecule has 0 radical (unpaired) electrons. The Morgan fingerprint density at radius 2 is 1.95 bits per heavy atom. The first kappa shape index (κ1) is 26.9. The normalized spacial score (nSPS) is 17.4. The van der Waals surface area contributed by atoms with Crippen LogP contribution in [0.25, 0.3) is 27.9 Å². The second-order valence-electron chi connectivity index (χ2n) is 10.9. The number of phenolic OH excluding ortho intramolecular Hbond substituents is 1. The van der Waals surface area contributed by atoms with E-state index in [9.17, 15) is 15.0 Å². The van der Waals surface area contributed by atoms with Crippen LogP contribution >= 0.6 is 0 Å². The summed E-state index contributed by atoms with van der Waals surface area (Å²) in [6.45, 7) is 2.39. The molecule has 212 valence electrons. The number of para-hydroxylation sites is 1. The van der Waals surface area contributed by atoms with Gasteiger partial charge >= 0.3 is 0 Å². The molecule has 0 amide bonds. The number of hydrogen-bond donors (Lipinski definition) is 3. The first-order valence-corrected chi connectivity index (χ1v) is 13.8. The van der Waals surface area contributed by atoms with E-state index in [1.807, 2.05) is 49.5 Å². The minimum atomic E-state index is -1.05. The van der Waals surface area contributed by atoms with Crippen molar-refractivity contribution in [1.29, 1.82) is 0 Å². The van der Waals surface area contributed by atoms with Gasteiger partial charge in [0.25, 0.3) is 5.56 Å². The molecule has 10 nitrogen and oxygen atoms in total. The number of phenols is 1. The quantitative estimate of drug-likeness (QED) is 0.317. The summed E-state index contributed by atoms with van der Waals surface area (Å²) >= 11 is 0. The molecule has 3 aromatic heterocycles. The van der Waals surface area contributed by atoms with E-state index in [1.54, 1.807) is 17.0 Å². The van der Waals surface area contributed by atoms with Crippen LogP contribution in [0.1, 0.15) is 30.5 Å². The molecule has 1 aliphatic carbocycles. The highest BCUT2D eigenvalue weighted by Gasteiger charge is 2.34. The second kappa shape index (κ2) is 11.0.